The zero-order valence-corrected chi connectivity index (χ0v) is 65.9. The van der Waals surface area contributed by atoms with Crippen molar-refractivity contribution in [3.63, 3.8) is 0 Å². The molecule has 0 bridgehead atoms. The summed E-state index contributed by atoms with van der Waals surface area (Å²) >= 11 is 0. The maximum atomic E-state index is 14.3. The number of nitrogens with two attached hydrogens (primary N) is 7. The van der Waals surface area contributed by atoms with Gasteiger partial charge in [0.25, 0.3) is 0 Å². The first-order chi connectivity index (χ1) is 52.0. The largest absolute Gasteiger partial charge is 0.508 e. The molecule has 0 radical (unpaired) electrons. The maximum absolute atomic E-state index is 14.3. The molecule has 0 saturated carbocycles. The van der Waals surface area contributed by atoms with Crippen LogP contribution in [0.4, 0.5) is 0 Å². The van der Waals surface area contributed by atoms with Gasteiger partial charge in [0.15, 0.2) is 5.96 Å². The zero-order chi connectivity index (χ0) is 84.5. The zero-order valence-electron chi connectivity index (χ0n) is 65.9. The molecule has 2 aromatic rings. The molecule has 0 aromatic heterocycles. The minimum Gasteiger partial charge on any atom is -0.508 e. The summed E-state index contributed by atoms with van der Waals surface area (Å²) in [5, 5.41) is 56.8. The number of carboxylic acid groups (broad SMARTS) is 2. The first-order valence-corrected chi connectivity index (χ1v) is 37.5. The Bertz CT molecular complexity index is 3420. The lowest BCUT2D eigenvalue weighted by molar-refractivity contribution is -0.142. The number of amides is 13. The predicted octanol–water partition coefficient (Wildman–Crippen LogP) is -2.48. The molecule has 2 rings (SSSR count). The van der Waals surface area contributed by atoms with Crippen LogP contribution < -0.4 is 98.6 Å². The summed E-state index contributed by atoms with van der Waals surface area (Å²) in [5.41, 5.74) is 40.2. The molecule has 0 heterocycles. The van der Waals surface area contributed by atoms with Gasteiger partial charge in [-0.25, -0.2) is 4.79 Å². The third-order valence-corrected chi connectivity index (χ3v) is 18.5. The molecule has 111 heavy (non-hydrogen) atoms. The van der Waals surface area contributed by atoms with Gasteiger partial charge in [0.05, 0.1) is 12.1 Å². The van der Waals surface area contributed by atoms with Gasteiger partial charge in [-0.3, -0.25) is 72.1 Å². The standard InChI is InChI=1S/C47H71N13O12.C27H52N6O6/c1-24(2)37(44(69)54-26(5)39(64)58-34(46(71)72)23-28-13-15-29(61)16-14-28)59-42(67)32(18-20-36(50)63)56-43(68)33(22-27-10-7-6-8-11-27)57-45(70)38(25(3)4)60-41(66)31(17-19-35(49)62)55-40(65)30(48)12-9-21-53-47(51)52;1-8-15(4)20(29)24(35)32-22(17(6)10-3)26(37)33-21(16(5)9-2)25(36)31-19(13-11-12-14-28)23(34)30-18(7)27(38)39/h6-8,10-11,13-16,24-26,30-34,37-38,61H,9,12,17-23,48H2,1-5H3,(H2,49,62)(H2,50,63)(H,54,69)(H,55,65)(H,56,68)(H,57,70)(H,58,64)(H,59,67)(H,60,66)(H,71,72)(H4,51,52,53);15-22H,8-14,28-29H2,1-7H3,(H,30,34)(H,31,36)(H,32,35)(H,33,37)(H,38,39). The average Bonchev–Trinajstić information content (AvgIpc) is 0.845. The van der Waals surface area contributed by atoms with E-state index in [1.165, 1.54) is 38.1 Å². The fourth-order valence-corrected chi connectivity index (χ4v) is 10.8. The van der Waals surface area contributed by atoms with Crippen molar-refractivity contribution in [2.24, 2.45) is 74.7 Å². The number of aliphatic carboxylic acids is 2. The summed E-state index contributed by atoms with van der Waals surface area (Å²) in [4.78, 5) is 199. The van der Waals surface area contributed by atoms with Gasteiger partial charge in [0.2, 0.25) is 76.8 Å². The topological polar surface area (TPSA) is 644 Å². The van der Waals surface area contributed by atoms with Crippen LogP contribution in [-0.4, -0.2) is 202 Å². The van der Waals surface area contributed by atoms with Crippen molar-refractivity contribution in [1.82, 2.24) is 58.5 Å². The number of phenols is 1. The van der Waals surface area contributed by atoms with Gasteiger partial charge in [-0.05, 0) is 118 Å². The van der Waals surface area contributed by atoms with Gasteiger partial charge in [-0.15, -0.1) is 0 Å². The Morgan fingerprint density at radius 2 is 0.775 bits per heavy atom. The molecule has 16 atom stereocenters. The van der Waals surface area contributed by atoms with Crippen LogP contribution in [0.25, 0.3) is 0 Å². The molecular formula is C74H123N19O18. The van der Waals surface area contributed by atoms with E-state index in [-0.39, 0.29) is 81.0 Å². The molecule has 0 spiro atoms. The number of benzene rings is 2. The number of aromatic hydroxyl groups is 1. The number of nitrogens with zero attached hydrogens (tertiary/aromatic N) is 1. The fourth-order valence-electron chi connectivity index (χ4n) is 10.8. The monoisotopic (exact) mass is 1570 g/mol. The van der Waals surface area contributed by atoms with E-state index in [0.717, 1.165) is 0 Å². The van der Waals surface area contributed by atoms with Crippen molar-refractivity contribution in [2.75, 3.05) is 13.1 Å². The van der Waals surface area contributed by atoms with Gasteiger partial charge < -0.3 is 114 Å². The van der Waals surface area contributed by atoms with E-state index in [1.807, 2.05) is 34.6 Å². The quantitative estimate of drug-likeness (QED) is 0.0185. The Hall–Kier alpha value is -10.6. The minimum absolute atomic E-state index is 0.0381. The first kappa shape index (κ1) is 98.4. The first-order valence-electron chi connectivity index (χ1n) is 37.5. The van der Waals surface area contributed by atoms with Crippen LogP contribution in [0.15, 0.2) is 59.6 Å². The minimum atomic E-state index is -1.53. The van der Waals surface area contributed by atoms with Crippen LogP contribution in [0.2, 0.25) is 0 Å². The number of carbonyl (C=O) groups is 15. The van der Waals surface area contributed by atoms with E-state index in [9.17, 15) is 82.1 Å². The highest BCUT2D eigenvalue weighted by Crippen LogP contribution is 2.18. The average molecular weight is 1570 g/mol. The SMILES string of the molecule is CC(NC(=O)C(NC(=O)C(CCC(N)=O)NC(=O)C(Cc1ccccc1)NC(=O)C(NC(=O)C(CCC(N)=O)NC(=O)C(N)CCCN=C(N)N)C(C)C)C(C)C)C(=O)NC(Cc1ccc(O)cc1)C(=O)O.CCC(C)C(N)C(=O)NC(C(=O)NC(C(=O)NC(CCCCN)C(=O)NC(C)C(=O)O)C(C)CC)C(C)CC. The van der Waals surface area contributed by atoms with Crippen LogP contribution in [0.1, 0.15) is 171 Å². The molecule has 37 heteroatoms. The van der Waals surface area contributed by atoms with Gasteiger partial charge >= 0.3 is 11.9 Å². The molecule has 0 aliphatic heterocycles. The Balaban J connectivity index is 0.00000133. The van der Waals surface area contributed by atoms with Gasteiger partial charge in [0, 0.05) is 32.2 Å². The molecule has 0 aliphatic carbocycles. The van der Waals surface area contributed by atoms with Gasteiger partial charge in [0.1, 0.15) is 72.2 Å². The van der Waals surface area contributed by atoms with E-state index >= 15 is 0 Å². The normalized spacial score (nSPS) is 15.4. The predicted molar refractivity (Wildman–Crippen MR) is 413 cm³/mol. The summed E-state index contributed by atoms with van der Waals surface area (Å²) in [6.45, 7) is 20.8. The number of carbonyl (C=O) groups excluding carboxylic acids is 13. The molecule has 622 valence electrons. The molecule has 2 aromatic carbocycles. The van der Waals surface area contributed by atoms with Crippen LogP contribution in [0, 0.1) is 29.6 Å². The molecule has 0 aliphatic rings. The van der Waals surface area contributed by atoms with Crippen LogP contribution in [-0.2, 0) is 84.8 Å². The Kier molecular flexibility index (Phi) is 45.2. The number of nitrogens with one attached hydrogen (secondary N) is 11. The second kappa shape index (κ2) is 51.0. The lowest BCUT2D eigenvalue weighted by atomic mass is 9.93. The number of primary amides is 2. The van der Waals surface area contributed by atoms with Crippen molar-refractivity contribution in [3.8, 4) is 5.75 Å². The number of aliphatic imine (C=N–C) groups is 1. The Labute approximate surface area is 648 Å². The molecule has 37 nitrogen and oxygen atoms in total. The highest BCUT2D eigenvalue weighted by molar-refractivity contribution is 5.99. The number of phenolic OH excluding ortho intramolecular Hbond substituents is 1. The highest BCUT2D eigenvalue weighted by atomic mass is 16.4. The number of unbranched alkanes of at least 4 members (excludes halogenated alkanes) is 1. The Morgan fingerprint density at radius 3 is 1.23 bits per heavy atom. The van der Waals surface area contributed by atoms with E-state index in [4.69, 9.17) is 45.2 Å². The molecular weight excluding hydrogens is 1440 g/mol. The summed E-state index contributed by atoms with van der Waals surface area (Å²) < 4.78 is 0. The second-order valence-electron chi connectivity index (χ2n) is 28.5. The Morgan fingerprint density at radius 1 is 0.387 bits per heavy atom. The maximum Gasteiger partial charge on any atom is 0.326 e. The number of hydrogen-bond acceptors (Lipinski definition) is 20. The molecule has 13 amide bonds. The van der Waals surface area contributed by atoms with Crippen molar-refractivity contribution in [3.05, 3.63) is 65.7 Å². The van der Waals surface area contributed by atoms with E-state index in [0.29, 0.717) is 56.2 Å². The van der Waals surface area contributed by atoms with Crippen molar-refractivity contribution in [1.29, 1.82) is 0 Å². The number of guanidine groups is 1. The van der Waals surface area contributed by atoms with Crippen molar-refractivity contribution >= 4 is 94.7 Å². The molecule has 16 unspecified atom stereocenters. The fraction of sp³-hybridized carbons (Fsp3) is 0.622. The number of rotatable bonds is 50. The third kappa shape index (κ3) is 37.1. The summed E-state index contributed by atoms with van der Waals surface area (Å²) in [6.07, 6.45) is 2.11. The van der Waals surface area contributed by atoms with Crippen molar-refractivity contribution < 1.29 is 87.2 Å². The smallest absolute Gasteiger partial charge is 0.326 e. The van der Waals surface area contributed by atoms with E-state index < -0.39 is 186 Å². The van der Waals surface area contributed by atoms with Gasteiger partial charge in [-0.2, -0.15) is 0 Å². The van der Waals surface area contributed by atoms with E-state index in [2.05, 4.69) is 63.5 Å². The lowest BCUT2D eigenvalue weighted by Gasteiger charge is -2.31. The van der Waals surface area contributed by atoms with Crippen LogP contribution in [0.5, 0.6) is 5.75 Å². The molecule has 28 N–H and O–H groups in total. The van der Waals surface area contributed by atoms with Crippen LogP contribution >= 0.6 is 0 Å². The second-order valence-corrected chi connectivity index (χ2v) is 28.5. The molecule has 0 fully saturated rings. The number of hydrogen-bond donors (Lipinski definition) is 21. The van der Waals surface area contributed by atoms with Gasteiger partial charge in [-0.1, -0.05) is 131 Å². The number of carboxylic acids is 2. The van der Waals surface area contributed by atoms with E-state index in [1.54, 1.807) is 65.0 Å². The lowest BCUT2D eigenvalue weighted by Crippen LogP contribution is -2.61. The summed E-state index contributed by atoms with van der Waals surface area (Å²) in [5.74, 6) is -14.4. The summed E-state index contributed by atoms with van der Waals surface area (Å²) in [7, 11) is 0. The third-order valence-electron chi connectivity index (χ3n) is 18.5. The molecule has 0 saturated heterocycles. The summed E-state index contributed by atoms with van der Waals surface area (Å²) in [6, 6.07) is -1.51. The highest BCUT2D eigenvalue weighted by Gasteiger charge is 2.39. The van der Waals surface area contributed by atoms with Crippen LogP contribution in [0.3, 0.4) is 0 Å². The van der Waals surface area contributed by atoms with Crippen molar-refractivity contribution in [2.45, 2.75) is 252 Å².